The van der Waals surface area contributed by atoms with E-state index in [9.17, 15) is 4.79 Å². The molecule has 19 heavy (non-hydrogen) atoms. The van der Waals surface area contributed by atoms with Gasteiger partial charge in [0.2, 0.25) is 0 Å². The first-order chi connectivity index (χ1) is 9.22. The molecule has 0 atom stereocenters. The summed E-state index contributed by atoms with van der Waals surface area (Å²) in [5.41, 5.74) is 1.66. The van der Waals surface area contributed by atoms with E-state index in [1.165, 1.54) is 0 Å². The fraction of sp³-hybridized carbons (Fsp3) is 0.0667. The first-order valence-electron chi connectivity index (χ1n) is 5.84. The van der Waals surface area contributed by atoms with Crippen molar-refractivity contribution < 1.29 is 4.79 Å². The van der Waals surface area contributed by atoms with E-state index in [1.54, 1.807) is 17.5 Å². The molecular weight excluding hydrogens is 322 g/mol. The highest BCUT2D eigenvalue weighted by Gasteiger charge is 2.09. The lowest BCUT2D eigenvalue weighted by Crippen LogP contribution is -2.02. The molecule has 3 rings (SSSR count). The van der Waals surface area contributed by atoms with Crippen LogP contribution in [0, 0.1) is 0 Å². The van der Waals surface area contributed by atoms with Crippen LogP contribution in [0.1, 0.15) is 15.2 Å². The van der Waals surface area contributed by atoms with Crippen LogP contribution in [0.4, 0.5) is 0 Å². The number of pyridine rings is 1. The number of halogens is 1. The normalized spacial score (nSPS) is 10.8. The molecule has 0 saturated carbocycles. The summed E-state index contributed by atoms with van der Waals surface area (Å²) >= 11 is 5.01. The van der Waals surface area contributed by atoms with Crippen molar-refractivity contribution in [3.63, 3.8) is 0 Å². The fourth-order valence-corrected chi connectivity index (χ4v) is 3.44. The average Bonchev–Trinajstić information content (AvgIpc) is 2.83. The predicted octanol–water partition coefficient (Wildman–Crippen LogP) is 4.48. The molecule has 3 aromatic rings. The molecule has 0 aliphatic heterocycles. The Bertz CT molecular complexity index is 750. The van der Waals surface area contributed by atoms with E-state index < -0.39 is 0 Å². The molecule has 0 fully saturated rings. The fourth-order valence-electron chi connectivity index (χ4n) is 1.96. The molecule has 4 heteroatoms. The summed E-state index contributed by atoms with van der Waals surface area (Å²) in [6, 6.07) is 13.5. The molecule has 2 aromatic heterocycles. The lowest BCUT2D eigenvalue weighted by Gasteiger charge is -2.01. The maximum absolute atomic E-state index is 12.2. The first kappa shape index (κ1) is 12.5. The Morgan fingerprint density at radius 1 is 1.21 bits per heavy atom. The summed E-state index contributed by atoms with van der Waals surface area (Å²) in [5.74, 6) is 0.139. The molecule has 94 valence electrons. The van der Waals surface area contributed by atoms with Crippen molar-refractivity contribution >= 4 is 44.0 Å². The lowest BCUT2D eigenvalue weighted by molar-refractivity contribution is 0.0994. The van der Waals surface area contributed by atoms with E-state index in [1.807, 2.05) is 42.5 Å². The molecule has 2 heterocycles. The highest BCUT2D eigenvalue weighted by Crippen LogP contribution is 2.24. The monoisotopic (exact) mass is 331 g/mol. The van der Waals surface area contributed by atoms with Crippen LogP contribution in [0.15, 0.2) is 52.4 Å². The van der Waals surface area contributed by atoms with Crippen LogP contribution >= 0.6 is 27.3 Å². The molecule has 0 aliphatic carbocycles. The number of nitrogens with zero attached hydrogens (tertiary/aromatic N) is 1. The third kappa shape index (κ3) is 2.74. The maximum atomic E-state index is 12.2. The molecular formula is C15H10BrNOS. The van der Waals surface area contributed by atoms with Gasteiger partial charge in [-0.15, -0.1) is 11.3 Å². The minimum absolute atomic E-state index is 0.139. The van der Waals surface area contributed by atoms with Gasteiger partial charge >= 0.3 is 0 Å². The Kier molecular flexibility index (Phi) is 3.44. The number of benzene rings is 1. The molecule has 1 aromatic carbocycles. The molecule has 0 N–H and O–H groups in total. The van der Waals surface area contributed by atoms with Crippen LogP contribution in [0.5, 0.6) is 0 Å². The minimum atomic E-state index is 0.139. The third-order valence-corrected chi connectivity index (χ3v) is 4.51. The van der Waals surface area contributed by atoms with Crippen LogP contribution in [0.25, 0.3) is 10.9 Å². The van der Waals surface area contributed by atoms with Gasteiger partial charge in [0.05, 0.1) is 9.30 Å². The van der Waals surface area contributed by atoms with E-state index >= 15 is 0 Å². The maximum Gasteiger partial charge on any atom is 0.168 e. The van der Waals surface area contributed by atoms with Gasteiger partial charge in [0.25, 0.3) is 0 Å². The zero-order valence-corrected chi connectivity index (χ0v) is 12.4. The van der Waals surface area contributed by atoms with E-state index in [2.05, 4.69) is 20.9 Å². The van der Waals surface area contributed by atoms with Gasteiger partial charge in [-0.3, -0.25) is 9.78 Å². The molecule has 0 spiro atoms. The summed E-state index contributed by atoms with van der Waals surface area (Å²) in [4.78, 5) is 17.6. The summed E-state index contributed by atoms with van der Waals surface area (Å²) in [6.07, 6.45) is 2.20. The smallest absolute Gasteiger partial charge is 0.168 e. The number of carbonyl (C=O) groups is 1. The highest BCUT2D eigenvalue weighted by molar-refractivity contribution is 9.11. The van der Waals surface area contributed by atoms with E-state index in [-0.39, 0.29) is 5.78 Å². The quantitative estimate of drug-likeness (QED) is 0.662. The number of carbonyl (C=O) groups excluding carboxylic acids is 1. The van der Waals surface area contributed by atoms with Gasteiger partial charge in [-0.05, 0) is 52.3 Å². The number of hydrogen-bond acceptors (Lipinski definition) is 3. The second-order valence-corrected chi connectivity index (χ2v) is 6.76. The molecule has 0 saturated heterocycles. The summed E-state index contributed by atoms with van der Waals surface area (Å²) < 4.78 is 1.05. The highest BCUT2D eigenvalue weighted by atomic mass is 79.9. The van der Waals surface area contributed by atoms with Crippen LogP contribution in [0.3, 0.4) is 0 Å². The van der Waals surface area contributed by atoms with Crippen LogP contribution in [0.2, 0.25) is 0 Å². The number of Topliss-reactive ketones (excluding diaryl/α,β-unsaturated/α-hetero) is 1. The Labute approximate surface area is 123 Å². The third-order valence-electron chi connectivity index (χ3n) is 2.89. The summed E-state index contributed by atoms with van der Waals surface area (Å²) in [6.45, 7) is 0. The number of hydrogen-bond donors (Lipinski definition) is 0. The van der Waals surface area contributed by atoms with Crippen molar-refractivity contribution in [1.82, 2.24) is 4.98 Å². The molecule has 2 nitrogen and oxygen atoms in total. The van der Waals surface area contributed by atoms with Crippen LogP contribution < -0.4 is 0 Å². The van der Waals surface area contributed by atoms with Crippen molar-refractivity contribution in [2.45, 2.75) is 6.42 Å². The molecule has 0 aliphatic rings. The second kappa shape index (κ2) is 5.23. The van der Waals surface area contributed by atoms with Gasteiger partial charge in [0.1, 0.15) is 0 Å². The number of ketones is 1. The Balaban J connectivity index is 1.89. The van der Waals surface area contributed by atoms with Crippen molar-refractivity contribution in [3.8, 4) is 0 Å². The topological polar surface area (TPSA) is 30.0 Å². The summed E-state index contributed by atoms with van der Waals surface area (Å²) in [5, 5.41) is 1.00. The number of aromatic nitrogens is 1. The molecule has 0 radical (unpaired) electrons. The van der Waals surface area contributed by atoms with Crippen molar-refractivity contribution in [2.24, 2.45) is 0 Å². The number of rotatable bonds is 3. The Morgan fingerprint density at radius 3 is 2.89 bits per heavy atom. The van der Waals surface area contributed by atoms with Gasteiger partial charge in [0.15, 0.2) is 5.78 Å². The van der Waals surface area contributed by atoms with E-state index in [0.717, 1.165) is 25.1 Å². The number of fused-ring (bicyclic) bond motifs is 1. The van der Waals surface area contributed by atoms with Gasteiger partial charge in [0, 0.05) is 28.4 Å². The van der Waals surface area contributed by atoms with Gasteiger partial charge in [-0.25, -0.2) is 0 Å². The summed E-state index contributed by atoms with van der Waals surface area (Å²) in [7, 11) is 0. The van der Waals surface area contributed by atoms with Crippen LogP contribution in [-0.2, 0) is 6.42 Å². The average molecular weight is 332 g/mol. The lowest BCUT2D eigenvalue weighted by atomic mass is 10.0. The molecule has 0 amide bonds. The zero-order chi connectivity index (χ0) is 13.2. The Hall–Kier alpha value is -1.52. The van der Waals surface area contributed by atoms with E-state index in [0.29, 0.717) is 6.42 Å². The Morgan fingerprint density at radius 2 is 2.11 bits per heavy atom. The first-order valence-corrected chi connectivity index (χ1v) is 7.45. The van der Waals surface area contributed by atoms with Gasteiger partial charge in [-0.2, -0.15) is 0 Å². The standard InChI is InChI=1S/C15H10BrNOS/c16-15-6-4-12(19-15)9-14(18)11-3-5-13-10(8-11)2-1-7-17-13/h1-8H,9H2. The zero-order valence-electron chi connectivity index (χ0n) is 9.97. The number of thiophene rings is 1. The van der Waals surface area contributed by atoms with Gasteiger partial charge in [-0.1, -0.05) is 6.07 Å². The van der Waals surface area contributed by atoms with Crippen molar-refractivity contribution in [3.05, 3.63) is 62.9 Å². The predicted molar refractivity (Wildman–Crippen MR) is 81.8 cm³/mol. The second-order valence-electron chi connectivity index (χ2n) is 4.22. The van der Waals surface area contributed by atoms with Crippen molar-refractivity contribution in [2.75, 3.05) is 0 Å². The molecule has 0 bridgehead atoms. The van der Waals surface area contributed by atoms with Crippen LogP contribution in [-0.4, -0.2) is 10.8 Å². The largest absolute Gasteiger partial charge is 0.294 e. The van der Waals surface area contributed by atoms with Crippen molar-refractivity contribution in [1.29, 1.82) is 0 Å². The minimum Gasteiger partial charge on any atom is -0.294 e. The SMILES string of the molecule is O=C(Cc1ccc(Br)s1)c1ccc2ncccc2c1. The van der Waals surface area contributed by atoms with E-state index in [4.69, 9.17) is 0 Å². The van der Waals surface area contributed by atoms with Gasteiger partial charge < -0.3 is 0 Å². The molecule has 0 unspecified atom stereocenters.